The number of amides is 1. The van der Waals surface area contributed by atoms with Crippen molar-refractivity contribution in [1.29, 1.82) is 0 Å². The molecule has 0 saturated heterocycles. The van der Waals surface area contributed by atoms with Crippen LogP contribution in [0.4, 0.5) is 5.69 Å². The molecule has 0 aromatic heterocycles. The quantitative estimate of drug-likeness (QED) is 0.672. The van der Waals surface area contributed by atoms with E-state index >= 15 is 0 Å². The molecule has 19 heavy (non-hydrogen) atoms. The lowest BCUT2D eigenvalue weighted by Crippen LogP contribution is -2.41. The maximum atomic E-state index is 12.1. The molecular weight excluding hydrogens is 244 g/mol. The van der Waals surface area contributed by atoms with Crippen molar-refractivity contribution < 1.29 is 9.72 Å². The van der Waals surface area contributed by atoms with E-state index in [-0.39, 0.29) is 17.6 Å². The van der Waals surface area contributed by atoms with Crippen molar-refractivity contribution >= 4 is 11.6 Å². The predicted octanol–water partition coefficient (Wildman–Crippen LogP) is 2.90. The average Bonchev–Trinajstić information content (AvgIpc) is 2.41. The Labute approximate surface area is 112 Å². The SMILES string of the molecule is C[C@@H]1CCCC[C@@H]1NC(=O)c1ccc([N+](=O)[O-])cc1. The molecule has 1 N–H and O–H groups in total. The minimum absolute atomic E-state index is 0.00239. The van der Waals surface area contributed by atoms with Crippen LogP contribution in [0.5, 0.6) is 0 Å². The van der Waals surface area contributed by atoms with Crippen LogP contribution in [0.3, 0.4) is 0 Å². The molecule has 2 rings (SSSR count). The highest BCUT2D eigenvalue weighted by molar-refractivity contribution is 5.94. The summed E-state index contributed by atoms with van der Waals surface area (Å²) in [5, 5.41) is 13.6. The molecular formula is C14H18N2O3. The van der Waals surface area contributed by atoms with Crippen LogP contribution in [-0.4, -0.2) is 16.9 Å². The Balaban J connectivity index is 2.01. The Morgan fingerprint density at radius 1 is 1.26 bits per heavy atom. The summed E-state index contributed by atoms with van der Waals surface area (Å²) in [4.78, 5) is 22.1. The van der Waals surface area contributed by atoms with Crippen LogP contribution in [0.25, 0.3) is 0 Å². The maximum Gasteiger partial charge on any atom is 0.269 e. The van der Waals surface area contributed by atoms with E-state index in [1.54, 1.807) is 0 Å². The first-order chi connectivity index (χ1) is 9.08. The molecule has 0 bridgehead atoms. The molecule has 0 heterocycles. The lowest BCUT2D eigenvalue weighted by molar-refractivity contribution is -0.384. The van der Waals surface area contributed by atoms with E-state index in [2.05, 4.69) is 12.2 Å². The Kier molecular flexibility index (Phi) is 4.14. The normalized spacial score (nSPS) is 22.8. The number of nitrogens with zero attached hydrogens (tertiary/aromatic N) is 1. The largest absolute Gasteiger partial charge is 0.349 e. The first kappa shape index (κ1) is 13.5. The fraction of sp³-hybridized carbons (Fsp3) is 0.500. The highest BCUT2D eigenvalue weighted by Gasteiger charge is 2.23. The van der Waals surface area contributed by atoms with Crippen LogP contribution in [0.2, 0.25) is 0 Å². The maximum absolute atomic E-state index is 12.1. The lowest BCUT2D eigenvalue weighted by atomic mass is 9.86. The number of hydrogen-bond acceptors (Lipinski definition) is 3. The smallest absolute Gasteiger partial charge is 0.269 e. The standard InChI is InChI=1S/C14H18N2O3/c1-10-4-2-3-5-13(10)15-14(17)11-6-8-12(9-7-11)16(18)19/h6-10,13H,2-5H2,1H3,(H,15,17)/t10-,13+/m1/s1. The molecule has 1 amide bonds. The number of nitro groups is 1. The third kappa shape index (κ3) is 3.30. The third-order valence-electron chi connectivity index (χ3n) is 3.77. The molecule has 0 spiro atoms. The molecule has 0 radical (unpaired) electrons. The monoisotopic (exact) mass is 262 g/mol. The van der Waals surface area contributed by atoms with Gasteiger partial charge in [-0.25, -0.2) is 0 Å². The van der Waals surface area contributed by atoms with Crippen LogP contribution in [0.1, 0.15) is 43.0 Å². The van der Waals surface area contributed by atoms with Crippen molar-refractivity contribution in [2.45, 2.75) is 38.6 Å². The van der Waals surface area contributed by atoms with Gasteiger partial charge in [0.2, 0.25) is 0 Å². The number of rotatable bonds is 3. The second-order valence-electron chi connectivity index (χ2n) is 5.15. The summed E-state index contributed by atoms with van der Waals surface area (Å²) in [5.41, 5.74) is 0.478. The van der Waals surface area contributed by atoms with E-state index in [9.17, 15) is 14.9 Å². The Bertz CT molecular complexity index is 470. The van der Waals surface area contributed by atoms with Crippen LogP contribution < -0.4 is 5.32 Å². The van der Waals surface area contributed by atoms with Crippen molar-refractivity contribution in [2.24, 2.45) is 5.92 Å². The van der Waals surface area contributed by atoms with Crippen LogP contribution in [-0.2, 0) is 0 Å². The van der Waals surface area contributed by atoms with Gasteiger partial charge >= 0.3 is 0 Å². The molecule has 1 aromatic rings. The zero-order valence-electron chi connectivity index (χ0n) is 11.0. The second kappa shape index (κ2) is 5.82. The number of nitro benzene ring substituents is 1. The fourth-order valence-corrected chi connectivity index (χ4v) is 2.52. The molecule has 1 saturated carbocycles. The molecule has 1 aliphatic carbocycles. The summed E-state index contributed by atoms with van der Waals surface area (Å²) in [7, 11) is 0. The van der Waals surface area contributed by atoms with Gasteiger partial charge in [0.1, 0.15) is 0 Å². The van der Waals surface area contributed by atoms with E-state index in [0.29, 0.717) is 11.5 Å². The van der Waals surface area contributed by atoms with Gasteiger partial charge in [-0.05, 0) is 30.9 Å². The van der Waals surface area contributed by atoms with Gasteiger partial charge < -0.3 is 5.32 Å². The van der Waals surface area contributed by atoms with Crippen molar-refractivity contribution in [1.82, 2.24) is 5.32 Å². The van der Waals surface area contributed by atoms with Crippen LogP contribution in [0.15, 0.2) is 24.3 Å². The van der Waals surface area contributed by atoms with Crippen LogP contribution >= 0.6 is 0 Å². The number of hydrogen-bond donors (Lipinski definition) is 1. The van der Waals surface area contributed by atoms with E-state index in [0.717, 1.165) is 19.3 Å². The topological polar surface area (TPSA) is 72.2 Å². The van der Waals surface area contributed by atoms with Gasteiger partial charge in [-0.1, -0.05) is 19.8 Å². The molecule has 102 valence electrons. The molecule has 5 nitrogen and oxygen atoms in total. The van der Waals surface area contributed by atoms with E-state index in [1.807, 2.05) is 0 Å². The van der Waals surface area contributed by atoms with Gasteiger partial charge in [0.25, 0.3) is 11.6 Å². The summed E-state index contributed by atoms with van der Waals surface area (Å²) in [6.45, 7) is 2.15. The third-order valence-corrected chi connectivity index (χ3v) is 3.77. The number of carbonyl (C=O) groups excluding carboxylic acids is 1. The molecule has 0 aliphatic heterocycles. The molecule has 1 fully saturated rings. The fourth-order valence-electron chi connectivity index (χ4n) is 2.52. The summed E-state index contributed by atoms with van der Waals surface area (Å²) in [5.74, 6) is 0.351. The Morgan fingerprint density at radius 2 is 1.89 bits per heavy atom. The summed E-state index contributed by atoms with van der Waals surface area (Å²) < 4.78 is 0. The number of nitrogens with one attached hydrogen (secondary N) is 1. The zero-order chi connectivity index (χ0) is 13.8. The Morgan fingerprint density at radius 3 is 2.47 bits per heavy atom. The van der Waals surface area contributed by atoms with E-state index in [4.69, 9.17) is 0 Å². The van der Waals surface area contributed by atoms with Gasteiger partial charge in [0, 0.05) is 23.7 Å². The molecule has 0 unspecified atom stereocenters. The highest BCUT2D eigenvalue weighted by Crippen LogP contribution is 2.24. The van der Waals surface area contributed by atoms with Crippen molar-refractivity contribution in [3.63, 3.8) is 0 Å². The van der Waals surface area contributed by atoms with Gasteiger partial charge in [0.15, 0.2) is 0 Å². The summed E-state index contributed by atoms with van der Waals surface area (Å²) in [6, 6.07) is 5.94. The number of carbonyl (C=O) groups is 1. The van der Waals surface area contributed by atoms with Crippen molar-refractivity contribution in [2.75, 3.05) is 0 Å². The molecule has 1 aliphatic rings. The second-order valence-corrected chi connectivity index (χ2v) is 5.15. The van der Waals surface area contributed by atoms with Gasteiger partial charge in [-0.15, -0.1) is 0 Å². The molecule has 1 aromatic carbocycles. The van der Waals surface area contributed by atoms with Crippen molar-refractivity contribution in [3.8, 4) is 0 Å². The summed E-state index contributed by atoms with van der Waals surface area (Å²) >= 11 is 0. The molecule has 5 heteroatoms. The first-order valence-electron chi connectivity index (χ1n) is 6.63. The van der Waals surface area contributed by atoms with Gasteiger partial charge in [-0.3, -0.25) is 14.9 Å². The first-order valence-corrected chi connectivity index (χ1v) is 6.63. The predicted molar refractivity (Wildman–Crippen MR) is 72.0 cm³/mol. The zero-order valence-corrected chi connectivity index (χ0v) is 11.0. The minimum atomic E-state index is -0.467. The van der Waals surface area contributed by atoms with Crippen molar-refractivity contribution in [3.05, 3.63) is 39.9 Å². The number of non-ortho nitro benzene ring substituents is 1. The molecule has 2 atom stereocenters. The van der Waals surface area contributed by atoms with Crippen LogP contribution in [0, 0.1) is 16.0 Å². The average molecular weight is 262 g/mol. The lowest BCUT2D eigenvalue weighted by Gasteiger charge is -2.29. The van der Waals surface area contributed by atoms with E-state index < -0.39 is 4.92 Å². The summed E-state index contributed by atoms with van der Waals surface area (Å²) in [6.07, 6.45) is 4.53. The minimum Gasteiger partial charge on any atom is -0.349 e. The van der Waals surface area contributed by atoms with E-state index in [1.165, 1.54) is 30.7 Å². The Hall–Kier alpha value is -1.91. The van der Waals surface area contributed by atoms with Gasteiger partial charge in [0.05, 0.1) is 4.92 Å². The highest BCUT2D eigenvalue weighted by atomic mass is 16.6. The van der Waals surface area contributed by atoms with Gasteiger partial charge in [-0.2, -0.15) is 0 Å². The number of benzene rings is 1.